The number of para-hydroxylation sites is 1. The van der Waals surface area contributed by atoms with Crippen LogP contribution in [-0.4, -0.2) is 19.2 Å². The Morgan fingerprint density at radius 3 is 2.61 bits per heavy atom. The van der Waals surface area contributed by atoms with Gasteiger partial charge < -0.3 is 10.1 Å². The van der Waals surface area contributed by atoms with E-state index < -0.39 is 11.7 Å². The fraction of sp³-hybridized carbons (Fsp3) is 0.538. The number of hydrogen-bond donors (Lipinski definition) is 1. The third-order valence-electron chi connectivity index (χ3n) is 2.78. The van der Waals surface area contributed by atoms with Gasteiger partial charge in [-0.05, 0) is 37.9 Å². The molecule has 1 aliphatic rings. The average molecular weight is 259 g/mol. The zero-order chi connectivity index (χ0) is 13.0. The summed E-state index contributed by atoms with van der Waals surface area (Å²) in [6, 6.07) is 5.93. The summed E-state index contributed by atoms with van der Waals surface area (Å²) in [5, 5.41) is 3.29. The van der Waals surface area contributed by atoms with E-state index in [0.717, 1.165) is 12.6 Å². The molecular weight excluding hydrogens is 243 g/mol. The van der Waals surface area contributed by atoms with Gasteiger partial charge in [-0.15, -0.1) is 0 Å². The predicted octanol–water partition coefficient (Wildman–Crippen LogP) is 3.23. The summed E-state index contributed by atoms with van der Waals surface area (Å²) in [4.78, 5) is 0. The number of halogens is 3. The van der Waals surface area contributed by atoms with Crippen LogP contribution in [-0.2, 0) is 6.18 Å². The van der Waals surface area contributed by atoms with Gasteiger partial charge in [-0.3, -0.25) is 0 Å². The Balaban J connectivity index is 1.80. The van der Waals surface area contributed by atoms with E-state index in [0.29, 0.717) is 19.1 Å². The number of hydrogen-bond acceptors (Lipinski definition) is 2. The molecule has 1 fully saturated rings. The van der Waals surface area contributed by atoms with Crippen LogP contribution in [0.5, 0.6) is 5.75 Å². The Morgan fingerprint density at radius 2 is 1.94 bits per heavy atom. The Bertz CT molecular complexity index is 388. The first-order valence-corrected chi connectivity index (χ1v) is 6.10. The maximum atomic E-state index is 12.6. The molecule has 1 aromatic rings. The quantitative estimate of drug-likeness (QED) is 0.792. The van der Waals surface area contributed by atoms with Crippen molar-refractivity contribution in [2.24, 2.45) is 0 Å². The Morgan fingerprint density at radius 1 is 1.22 bits per heavy atom. The highest BCUT2D eigenvalue weighted by atomic mass is 19.4. The van der Waals surface area contributed by atoms with Crippen molar-refractivity contribution in [2.45, 2.75) is 31.5 Å². The van der Waals surface area contributed by atoms with Gasteiger partial charge in [-0.1, -0.05) is 12.1 Å². The fourth-order valence-electron chi connectivity index (χ4n) is 1.67. The van der Waals surface area contributed by atoms with Crippen LogP contribution < -0.4 is 10.1 Å². The highest BCUT2D eigenvalue weighted by Gasteiger charge is 2.33. The molecule has 0 unspecified atom stereocenters. The molecule has 0 amide bonds. The zero-order valence-electron chi connectivity index (χ0n) is 9.96. The van der Waals surface area contributed by atoms with Crippen LogP contribution in [0, 0.1) is 0 Å². The van der Waals surface area contributed by atoms with Crippen molar-refractivity contribution >= 4 is 0 Å². The molecule has 18 heavy (non-hydrogen) atoms. The third kappa shape index (κ3) is 3.91. The van der Waals surface area contributed by atoms with Crippen molar-refractivity contribution in [2.75, 3.05) is 13.2 Å². The maximum Gasteiger partial charge on any atom is 0.419 e. The van der Waals surface area contributed by atoms with Crippen molar-refractivity contribution in [3.63, 3.8) is 0 Å². The second-order valence-electron chi connectivity index (χ2n) is 4.42. The molecule has 5 heteroatoms. The van der Waals surface area contributed by atoms with Gasteiger partial charge in [-0.2, -0.15) is 13.2 Å². The normalized spacial score (nSPS) is 15.7. The van der Waals surface area contributed by atoms with Gasteiger partial charge in [0, 0.05) is 6.04 Å². The van der Waals surface area contributed by atoms with E-state index in [1.54, 1.807) is 6.07 Å². The molecule has 0 bridgehead atoms. The molecule has 100 valence electrons. The van der Waals surface area contributed by atoms with E-state index in [4.69, 9.17) is 4.74 Å². The standard InChI is InChI=1S/C13H16F3NO/c14-13(15,16)11-4-1-2-5-12(11)18-9-3-8-17-10-6-7-10/h1-2,4-5,10,17H,3,6-9H2. The largest absolute Gasteiger partial charge is 0.493 e. The summed E-state index contributed by atoms with van der Waals surface area (Å²) in [5.74, 6) is -0.0866. The van der Waals surface area contributed by atoms with Gasteiger partial charge in [-0.25, -0.2) is 0 Å². The topological polar surface area (TPSA) is 21.3 Å². The van der Waals surface area contributed by atoms with Crippen LogP contribution in [0.1, 0.15) is 24.8 Å². The first-order valence-electron chi connectivity index (χ1n) is 6.10. The average Bonchev–Trinajstić information content (AvgIpc) is 3.12. The van der Waals surface area contributed by atoms with Gasteiger partial charge in [0.05, 0.1) is 12.2 Å². The second kappa shape index (κ2) is 5.61. The molecule has 0 radical (unpaired) electrons. The van der Waals surface area contributed by atoms with E-state index in [1.165, 1.54) is 25.0 Å². The molecule has 0 saturated heterocycles. The maximum absolute atomic E-state index is 12.6. The summed E-state index contributed by atoms with van der Waals surface area (Å²) in [6.45, 7) is 1.09. The van der Waals surface area contributed by atoms with Crippen molar-refractivity contribution in [1.82, 2.24) is 5.32 Å². The summed E-state index contributed by atoms with van der Waals surface area (Å²) >= 11 is 0. The van der Waals surface area contributed by atoms with Crippen LogP contribution in [0.15, 0.2) is 24.3 Å². The van der Waals surface area contributed by atoms with Crippen LogP contribution in [0.4, 0.5) is 13.2 Å². The summed E-state index contributed by atoms with van der Waals surface area (Å²) < 4.78 is 43.1. The van der Waals surface area contributed by atoms with Gasteiger partial charge >= 0.3 is 6.18 Å². The molecule has 1 aliphatic carbocycles. The minimum absolute atomic E-state index is 0.0866. The number of ether oxygens (including phenoxy) is 1. The van der Waals surface area contributed by atoms with Crippen molar-refractivity contribution < 1.29 is 17.9 Å². The van der Waals surface area contributed by atoms with Gasteiger partial charge in [0.15, 0.2) is 0 Å². The van der Waals surface area contributed by atoms with Gasteiger partial charge in [0.25, 0.3) is 0 Å². The molecule has 1 saturated carbocycles. The Hall–Kier alpha value is -1.23. The molecule has 1 N–H and O–H groups in total. The summed E-state index contributed by atoms with van der Waals surface area (Å²) in [6.07, 6.45) is -1.24. The van der Waals surface area contributed by atoms with Gasteiger partial charge in [0.1, 0.15) is 5.75 Å². The fourth-order valence-corrected chi connectivity index (χ4v) is 1.67. The predicted molar refractivity (Wildman–Crippen MR) is 62.6 cm³/mol. The van der Waals surface area contributed by atoms with Crippen LogP contribution in [0.25, 0.3) is 0 Å². The molecule has 2 nitrogen and oxygen atoms in total. The summed E-state index contributed by atoms with van der Waals surface area (Å²) in [7, 11) is 0. The van der Waals surface area contributed by atoms with Crippen LogP contribution in [0.2, 0.25) is 0 Å². The van der Waals surface area contributed by atoms with Crippen LogP contribution in [0.3, 0.4) is 0 Å². The number of alkyl halides is 3. The van der Waals surface area contributed by atoms with Crippen molar-refractivity contribution in [3.05, 3.63) is 29.8 Å². The first-order chi connectivity index (χ1) is 8.57. The lowest BCUT2D eigenvalue weighted by Crippen LogP contribution is -2.19. The lowest BCUT2D eigenvalue weighted by atomic mass is 10.2. The van der Waals surface area contributed by atoms with E-state index >= 15 is 0 Å². The minimum Gasteiger partial charge on any atom is -0.493 e. The van der Waals surface area contributed by atoms with Crippen molar-refractivity contribution in [1.29, 1.82) is 0 Å². The second-order valence-corrected chi connectivity index (χ2v) is 4.42. The van der Waals surface area contributed by atoms with Gasteiger partial charge in [0.2, 0.25) is 0 Å². The number of benzene rings is 1. The summed E-state index contributed by atoms with van der Waals surface area (Å²) in [5.41, 5.74) is -0.708. The van der Waals surface area contributed by atoms with E-state index in [2.05, 4.69) is 5.32 Å². The third-order valence-corrected chi connectivity index (χ3v) is 2.78. The Kier molecular flexibility index (Phi) is 4.11. The van der Waals surface area contributed by atoms with E-state index in [-0.39, 0.29) is 5.75 Å². The SMILES string of the molecule is FC(F)(F)c1ccccc1OCCCNC1CC1. The molecule has 0 atom stereocenters. The molecule has 0 spiro atoms. The molecule has 2 rings (SSSR count). The molecular formula is C13H16F3NO. The minimum atomic E-state index is -4.36. The molecule has 0 heterocycles. The van der Waals surface area contributed by atoms with E-state index in [1.807, 2.05) is 0 Å². The zero-order valence-corrected chi connectivity index (χ0v) is 9.96. The van der Waals surface area contributed by atoms with Crippen molar-refractivity contribution in [3.8, 4) is 5.75 Å². The number of nitrogens with one attached hydrogen (secondary N) is 1. The molecule has 0 aliphatic heterocycles. The highest BCUT2D eigenvalue weighted by Crippen LogP contribution is 2.35. The smallest absolute Gasteiger partial charge is 0.419 e. The monoisotopic (exact) mass is 259 g/mol. The Labute approximate surface area is 104 Å². The highest BCUT2D eigenvalue weighted by molar-refractivity contribution is 5.35. The first kappa shape index (κ1) is 13.2. The van der Waals surface area contributed by atoms with Crippen LogP contribution >= 0.6 is 0 Å². The lowest BCUT2D eigenvalue weighted by Gasteiger charge is -2.13. The van der Waals surface area contributed by atoms with E-state index in [9.17, 15) is 13.2 Å². The lowest BCUT2D eigenvalue weighted by molar-refractivity contribution is -0.138. The molecule has 0 aromatic heterocycles. The number of rotatable bonds is 6. The molecule has 1 aromatic carbocycles.